The summed E-state index contributed by atoms with van der Waals surface area (Å²) in [6, 6.07) is 15.4. The average Bonchev–Trinajstić information content (AvgIpc) is 3.01. The van der Waals surface area contributed by atoms with Crippen molar-refractivity contribution in [1.82, 2.24) is 4.98 Å². The molecular formula is C21H21NO5S. The summed E-state index contributed by atoms with van der Waals surface area (Å²) in [6.45, 7) is 3.24. The Labute approximate surface area is 164 Å². The Bertz CT molecular complexity index is 1100. The number of aromatic nitrogens is 1. The minimum Gasteiger partial charge on any atom is -0.441 e. The molecule has 3 rings (SSSR count). The van der Waals surface area contributed by atoms with Crippen LogP contribution in [-0.2, 0) is 20.7 Å². The number of benzene rings is 2. The summed E-state index contributed by atoms with van der Waals surface area (Å²) >= 11 is 0. The van der Waals surface area contributed by atoms with Gasteiger partial charge in [0, 0.05) is 17.5 Å². The summed E-state index contributed by atoms with van der Waals surface area (Å²) < 4.78 is 32.7. The summed E-state index contributed by atoms with van der Waals surface area (Å²) in [5, 5.41) is 0. The molecule has 0 saturated carbocycles. The van der Waals surface area contributed by atoms with Crippen LogP contribution in [0, 0.1) is 6.92 Å². The fourth-order valence-corrected chi connectivity index (χ4v) is 3.28. The van der Waals surface area contributed by atoms with Crippen molar-refractivity contribution in [2.75, 3.05) is 12.9 Å². The van der Waals surface area contributed by atoms with E-state index in [0.717, 1.165) is 17.4 Å². The fraction of sp³-hybridized carbons (Fsp3) is 0.238. The van der Waals surface area contributed by atoms with E-state index in [1.807, 2.05) is 48.5 Å². The van der Waals surface area contributed by atoms with Crippen LogP contribution < -0.4 is 0 Å². The first kappa shape index (κ1) is 20.0. The van der Waals surface area contributed by atoms with E-state index in [0.29, 0.717) is 34.9 Å². The normalized spacial score (nSPS) is 11.5. The van der Waals surface area contributed by atoms with Crippen LogP contribution in [0.4, 0.5) is 0 Å². The van der Waals surface area contributed by atoms with E-state index in [1.165, 1.54) is 6.92 Å². The SMILES string of the molecule is CC(=O)c1cc(-c2ccccc2)ccc1-c1nc(CCOS(C)(=O)=O)c(C)o1. The quantitative estimate of drug-likeness (QED) is 0.440. The second kappa shape index (κ2) is 8.08. The summed E-state index contributed by atoms with van der Waals surface area (Å²) in [6.07, 6.45) is 1.29. The van der Waals surface area contributed by atoms with Crippen molar-refractivity contribution in [3.05, 3.63) is 65.5 Å². The number of oxazole rings is 1. The average molecular weight is 399 g/mol. The Balaban J connectivity index is 1.93. The lowest BCUT2D eigenvalue weighted by molar-refractivity contribution is 0.101. The number of nitrogens with zero attached hydrogens (tertiary/aromatic N) is 1. The highest BCUT2D eigenvalue weighted by Crippen LogP contribution is 2.30. The maximum Gasteiger partial charge on any atom is 0.264 e. The number of carbonyl (C=O) groups is 1. The number of hydrogen-bond acceptors (Lipinski definition) is 6. The van der Waals surface area contributed by atoms with Gasteiger partial charge in [0.15, 0.2) is 5.78 Å². The molecule has 0 aliphatic heterocycles. The Kier molecular flexibility index (Phi) is 5.76. The first-order chi connectivity index (χ1) is 13.2. The minimum absolute atomic E-state index is 0.0157. The number of hydrogen-bond donors (Lipinski definition) is 0. The molecule has 0 saturated heterocycles. The molecule has 6 nitrogen and oxygen atoms in total. The zero-order chi connectivity index (χ0) is 20.3. The van der Waals surface area contributed by atoms with E-state index in [-0.39, 0.29) is 12.4 Å². The summed E-state index contributed by atoms with van der Waals surface area (Å²) in [5.74, 6) is 0.802. The molecule has 146 valence electrons. The number of rotatable bonds is 7. The van der Waals surface area contributed by atoms with Gasteiger partial charge in [-0.2, -0.15) is 8.42 Å². The van der Waals surface area contributed by atoms with Gasteiger partial charge in [-0.05, 0) is 37.1 Å². The molecule has 0 N–H and O–H groups in total. The monoisotopic (exact) mass is 399 g/mol. The molecule has 1 aromatic heterocycles. The highest BCUT2D eigenvalue weighted by atomic mass is 32.2. The van der Waals surface area contributed by atoms with Crippen molar-refractivity contribution < 1.29 is 21.8 Å². The maximum atomic E-state index is 12.2. The van der Waals surface area contributed by atoms with Crippen LogP contribution in [-0.4, -0.2) is 32.0 Å². The molecule has 3 aromatic rings. The summed E-state index contributed by atoms with van der Waals surface area (Å²) in [4.78, 5) is 16.7. The lowest BCUT2D eigenvalue weighted by atomic mass is 9.97. The van der Waals surface area contributed by atoms with Crippen molar-refractivity contribution in [2.45, 2.75) is 20.3 Å². The lowest BCUT2D eigenvalue weighted by Crippen LogP contribution is -2.06. The van der Waals surface area contributed by atoms with E-state index < -0.39 is 10.1 Å². The lowest BCUT2D eigenvalue weighted by Gasteiger charge is -2.08. The highest BCUT2D eigenvalue weighted by molar-refractivity contribution is 7.85. The van der Waals surface area contributed by atoms with Crippen LogP contribution in [0.5, 0.6) is 0 Å². The molecule has 0 spiro atoms. The second-order valence-electron chi connectivity index (χ2n) is 6.48. The van der Waals surface area contributed by atoms with Gasteiger partial charge in [0.05, 0.1) is 18.6 Å². The number of Topliss-reactive ketones (excluding diaryl/α,β-unsaturated/α-hetero) is 1. The smallest absolute Gasteiger partial charge is 0.264 e. The molecule has 0 bridgehead atoms. The molecule has 0 fully saturated rings. The van der Waals surface area contributed by atoms with Crippen LogP contribution in [0.1, 0.15) is 28.7 Å². The van der Waals surface area contributed by atoms with Crippen molar-refractivity contribution in [3.63, 3.8) is 0 Å². The third-order valence-corrected chi connectivity index (χ3v) is 4.86. The van der Waals surface area contributed by atoms with E-state index in [1.54, 1.807) is 6.92 Å². The predicted molar refractivity (Wildman–Crippen MR) is 107 cm³/mol. The Morgan fingerprint density at radius 3 is 2.46 bits per heavy atom. The van der Waals surface area contributed by atoms with Crippen molar-refractivity contribution in [2.24, 2.45) is 0 Å². The Morgan fingerprint density at radius 1 is 1.11 bits per heavy atom. The standard InChI is InChI=1S/C21H21NO5S/c1-14(23)19-13-17(16-7-5-4-6-8-16)9-10-18(19)21-22-20(15(2)27-21)11-12-26-28(3,24)25/h4-10,13H,11-12H2,1-3H3. The third kappa shape index (κ3) is 4.74. The molecule has 1 heterocycles. The van der Waals surface area contributed by atoms with Gasteiger partial charge in [0.1, 0.15) is 5.76 Å². The van der Waals surface area contributed by atoms with E-state index in [2.05, 4.69) is 4.98 Å². The van der Waals surface area contributed by atoms with E-state index >= 15 is 0 Å². The van der Waals surface area contributed by atoms with E-state index in [4.69, 9.17) is 8.60 Å². The van der Waals surface area contributed by atoms with Crippen LogP contribution >= 0.6 is 0 Å². The van der Waals surface area contributed by atoms with Gasteiger partial charge in [0.2, 0.25) is 5.89 Å². The van der Waals surface area contributed by atoms with E-state index in [9.17, 15) is 13.2 Å². The van der Waals surface area contributed by atoms with Gasteiger partial charge < -0.3 is 4.42 Å². The zero-order valence-corrected chi connectivity index (χ0v) is 16.7. The number of aryl methyl sites for hydroxylation is 1. The maximum absolute atomic E-state index is 12.2. The first-order valence-corrected chi connectivity index (χ1v) is 10.6. The molecular weight excluding hydrogens is 378 g/mol. The Morgan fingerprint density at radius 2 is 1.82 bits per heavy atom. The van der Waals surface area contributed by atoms with Gasteiger partial charge in [-0.15, -0.1) is 0 Å². The van der Waals surface area contributed by atoms with Crippen LogP contribution in [0.25, 0.3) is 22.6 Å². The fourth-order valence-electron chi connectivity index (χ4n) is 2.90. The van der Waals surface area contributed by atoms with Crippen LogP contribution in [0.3, 0.4) is 0 Å². The van der Waals surface area contributed by atoms with Gasteiger partial charge in [0.25, 0.3) is 10.1 Å². The second-order valence-corrected chi connectivity index (χ2v) is 8.12. The largest absolute Gasteiger partial charge is 0.441 e. The zero-order valence-electron chi connectivity index (χ0n) is 15.9. The van der Waals surface area contributed by atoms with Crippen LogP contribution in [0.2, 0.25) is 0 Å². The number of ketones is 1. The third-order valence-electron chi connectivity index (χ3n) is 4.27. The first-order valence-electron chi connectivity index (χ1n) is 8.76. The molecule has 0 atom stereocenters. The highest BCUT2D eigenvalue weighted by Gasteiger charge is 2.18. The van der Waals surface area contributed by atoms with Gasteiger partial charge >= 0.3 is 0 Å². The molecule has 2 aromatic carbocycles. The summed E-state index contributed by atoms with van der Waals surface area (Å²) in [7, 11) is -3.50. The molecule has 0 amide bonds. The predicted octanol–water partition coefficient (Wildman–Crippen LogP) is 4.04. The van der Waals surface area contributed by atoms with Gasteiger partial charge in [-0.25, -0.2) is 4.98 Å². The molecule has 7 heteroatoms. The molecule has 28 heavy (non-hydrogen) atoms. The van der Waals surface area contributed by atoms with Crippen molar-refractivity contribution >= 4 is 15.9 Å². The van der Waals surface area contributed by atoms with Gasteiger partial charge in [-0.1, -0.05) is 36.4 Å². The van der Waals surface area contributed by atoms with Crippen molar-refractivity contribution in [1.29, 1.82) is 0 Å². The number of carbonyl (C=O) groups excluding carboxylic acids is 1. The minimum atomic E-state index is -3.50. The van der Waals surface area contributed by atoms with Crippen molar-refractivity contribution in [3.8, 4) is 22.6 Å². The molecule has 0 aliphatic rings. The van der Waals surface area contributed by atoms with Gasteiger partial charge in [-0.3, -0.25) is 8.98 Å². The molecule has 0 radical (unpaired) electrons. The van der Waals surface area contributed by atoms with Crippen LogP contribution in [0.15, 0.2) is 52.9 Å². The molecule has 0 unspecified atom stereocenters. The Hall–Kier alpha value is -2.77. The topological polar surface area (TPSA) is 86.5 Å². The molecule has 0 aliphatic carbocycles. The summed E-state index contributed by atoms with van der Waals surface area (Å²) in [5.41, 5.74) is 3.66.